The van der Waals surface area contributed by atoms with Crippen LogP contribution in [0.1, 0.15) is 43.5 Å². The lowest BCUT2D eigenvalue weighted by atomic mass is 10.1. The molecule has 2 rings (SSSR count). The standard InChI is InChI=1S/C13H20N2O/c1-3-9(2)14-8-11-7-10-5-4-6-12(10)15-13(11)16/h7,9,14H,3-6,8H2,1-2H3,(H,15,16). The molecule has 88 valence electrons. The number of hydrogen-bond acceptors (Lipinski definition) is 2. The second-order valence-corrected chi connectivity index (χ2v) is 4.67. The van der Waals surface area contributed by atoms with Gasteiger partial charge in [-0.15, -0.1) is 0 Å². The van der Waals surface area contributed by atoms with E-state index in [4.69, 9.17) is 0 Å². The Hall–Kier alpha value is -1.09. The molecule has 0 saturated carbocycles. The number of hydrogen-bond donors (Lipinski definition) is 2. The molecule has 1 atom stereocenters. The lowest BCUT2D eigenvalue weighted by Gasteiger charge is -2.11. The molecule has 0 fully saturated rings. The highest BCUT2D eigenvalue weighted by Gasteiger charge is 2.13. The number of H-pyrrole nitrogens is 1. The summed E-state index contributed by atoms with van der Waals surface area (Å²) in [5.74, 6) is 0. The quantitative estimate of drug-likeness (QED) is 0.812. The van der Waals surface area contributed by atoms with E-state index in [0.29, 0.717) is 12.6 Å². The minimum atomic E-state index is 0.0800. The van der Waals surface area contributed by atoms with Crippen LogP contribution in [0.3, 0.4) is 0 Å². The Bertz CT molecular complexity index is 422. The SMILES string of the molecule is CCC(C)NCc1cc2c([nH]c1=O)CCC2. The number of aromatic nitrogens is 1. The van der Waals surface area contributed by atoms with Gasteiger partial charge >= 0.3 is 0 Å². The van der Waals surface area contributed by atoms with Gasteiger partial charge in [-0.25, -0.2) is 0 Å². The van der Waals surface area contributed by atoms with Crippen LogP contribution in [-0.2, 0) is 19.4 Å². The van der Waals surface area contributed by atoms with Crippen molar-refractivity contribution in [1.29, 1.82) is 0 Å². The molecule has 0 radical (unpaired) electrons. The molecular weight excluding hydrogens is 200 g/mol. The Balaban J connectivity index is 2.13. The van der Waals surface area contributed by atoms with Crippen molar-refractivity contribution in [2.24, 2.45) is 0 Å². The molecule has 1 aromatic heterocycles. The fraction of sp³-hybridized carbons (Fsp3) is 0.615. The average molecular weight is 220 g/mol. The minimum absolute atomic E-state index is 0.0800. The number of aryl methyl sites for hydroxylation is 2. The van der Waals surface area contributed by atoms with Crippen LogP contribution in [0, 0.1) is 0 Å². The molecule has 1 unspecified atom stereocenters. The van der Waals surface area contributed by atoms with Crippen LogP contribution in [0.4, 0.5) is 0 Å². The van der Waals surface area contributed by atoms with Gasteiger partial charge in [-0.2, -0.15) is 0 Å². The molecule has 0 amide bonds. The number of nitrogens with one attached hydrogen (secondary N) is 2. The molecule has 0 aliphatic heterocycles. The van der Waals surface area contributed by atoms with Gasteiger partial charge in [0.2, 0.25) is 0 Å². The molecule has 3 nitrogen and oxygen atoms in total. The van der Waals surface area contributed by atoms with E-state index in [1.807, 2.05) is 0 Å². The highest BCUT2D eigenvalue weighted by atomic mass is 16.1. The van der Waals surface area contributed by atoms with E-state index in [-0.39, 0.29) is 5.56 Å². The molecule has 3 heteroatoms. The Kier molecular flexibility index (Phi) is 3.44. The Morgan fingerprint density at radius 2 is 2.31 bits per heavy atom. The summed E-state index contributed by atoms with van der Waals surface area (Å²) < 4.78 is 0. The van der Waals surface area contributed by atoms with E-state index >= 15 is 0 Å². The molecule has 16 heavy (non-hydrogen) atoms. The predicted octanol–water partition coefficient (Wildman–Crippen LogP) is 1.75. The van der Waals surface area contributed by atoms with Gasteiger partial charge in [0.15, 0.2) is 0 Å². The summed E-state index contributed by atoms with van der Waals surface area (Å²) in [7, 11) is 0. The zero-order chi connectivity index (χ0) is 11.5. The Labute approximate surface area is 96.3 Å². The lowest BCUT2D eigenvalue weighted by Crippen LogP contribution is -2.28. The van der Waals surface area contributed by atoms with Crippen LogP contribution in [0.5, 0.6) is 0 Å². The van der Waals surface area contributed by atoms with Crippen molar-refractivity contribution in [2.75, 3.05) is 0 Å². The second kappa shape index (κ2) is 4.83. The van der Waals surface area contributed by atoms with Gasteiger partial charge in [0.1, 0.15) is 0 Å². The third-order valence-electron chi connectivity index (χ3n) is 3.42. The third-order valence-corrected chi connectivity index (χ3v) is 3.42. The molecule has 1 aliphatic carbocycles. The molecule has 0 aromatic carbocycles. The van der Waals surface area contributed by atoms with E-state index in [9.17, 15) is 4.79 Å². The van der Waals surface area contributed by atoms with E-state index in [1.54, 1.807) is 0 Å². The van der Waals surface area contributed by atoms with Gasteiger partial charge in [-0.05, 0) is 44.2 Å². The Morgan fingerprint density at radius 3 is 3.06 bits per heavy atom. The van der Waals surface area contributed by atoms with Crippen molar-refractivity contribution in [3.8, 4) is 0 Å². The topological polar surface area (TPSA) is 44.9 Å². The fourth-order valence-corrected chi connectivity index (χ4v) is 2.12. The van der Waals surface area contributed by atoms with Crippen LogP contribution in [0.15, 0.2) is 10.9 Å². The van der Waals surface area contributed by atoms with E-state index in [1.165, 1.54) is 12.0 Å². The van der Waals surface area contributed by atoms with Crippen molar-refractivity contribution in [3.63, 3.8) is 0 Å². The minimum Gasteiger partial charge on any atom is -0.326 e. The maximum atomic E-state index is 11.8. The zero-order valence-corrected chi connectivity index (χ0v) is 10.1. The van der Waals surface area contributed by atoms with Crippen molar-refractivity contribution < 1.29 is 0 Å². The summed E-state index contributed by atoms with van der Waals surface area (Å²) >= 11 is 0. The van der Waals surface area contributed by atoms with Crippen LogP contribution >= 0.6 is 0 Å². The van der Waals surface area contributed by atoms with Crippen LogP contribution < -0.4 is 10.9 Å². The number of aromatic amines is 1. The summed E-state index contributed by atoms with van der Waals surface area (Å²) in [5, 5.41) is 3.36. The largest absolute Gasteiger partial charge is 0.326 e. The summed E-state index contributed by atoms with van der Waals surface area (Å²) in [6.07, 6.45) is 4.41. The highest BCUT2D eigenvalue weighted by molar-refractivity contribution is 5.29. The predicted molar refractivity (Wildman–Crippen MR) is 65.7 cm³/mol. The van der Waals surface area contributed by atoms with Gasteiger partial charge < -0.3 is 10.3 Å². The number of fused-ring (bicyclic) bond motifs is 1. The average Bonchev–Trinajstić information content (AvgIpc) is 2.72. The monoisotopic (exact) mass is 220 g/mol. The summed E-state index contributed by atoms with van der Waals surface area (Å²) in [6.45, 7) is 4.96. The van der Waals surface area contributed by atoms with Gasteiger partial charge in [0, 0.05) is 23.8 Å². The van der Waals surface area contributed by atoms with Crippen molar-refractivity contribution in [3.05, 3.63) is 33.2 Å². The van der Waals surface area contributed by atoms with Crippen LogP contribution in [0.2, 0.25) is 0 Å². The number of pyridine rings is 1. The molecule has 0 bridgehead atoms. The molecule has 1 heterocycles. The first-order valence-corrected chi connectivity index (χ1v) is 6.18. The van der Waals surface area contributed by atoms with E-state index in [2.05, 4.69) is 30.2 Å². The Morgan fingerprint density at radius 1 is 1.50 bits per heavy atom. The van der Waals surface area contributed by atoms with Gasteiger partial charge in [0.05, 0.1) is 0 Å². The molecule has 0 saturated heterocycles. The lowest BCUT2D eigenvalue weighted by molar-refractivity contribution is 0.532. The molecule has 1 aliphatic rings. The fourth-order valence-electron chi connectivity index (χ4n) is 2.12. The maximum Gasteiger partial charge on any atom is 0.252 e. The van der Waals surface area contributed by atoms with E-state index < -0.39 is 0 Å². The molecule has 0 spiro atoms. The molecule has 2 N–H and O–H groups in total. The second-order valence-electron chi connectivity index (χ2n) is 4.67. The first kappa shape index (κ1) is 11.4. The molecular formula is C13H20N2O. The summed E-state index contributed by atoms with van der Waals surface area (Å²) in [4.78, 5) is 14.8. The summed E-state index contributed by atoms with van der Waals surface area (Å²) in [5.41, 5.74) is 3.44. The first-order chi connectivity index (χ1) is 7.70. The van der Waals surface area contributed by atoms with Gasteiger partial charge in [0.25, 0.3) is 5.56 Å². The molecule has 1 aromatic rings. The van der Waals surface area contributed by atoms with Crippen LogP contribution in [0.25, 0.3) is 0 Å². The smallest absolute Gasteiger partial charge is 0.252 e. The first-order valence-electron chi connectivity index (χ1n) is 6.18. The van der Waals surface area contributed by atoms with Gasteiger partial charge in [-0.3, -0.25) is 4.79 Å². The summed E-state index contributed by atoms with van der Waals surface area (Å²) in [6, 6.07) is 2.55. The highest BCUT2D eigenvalue weighted by Crippen LogP contribution is 2.18. The third kappa shape index (κ3) is 2.35. The van der Waals surface area contributed by atoms with Crippen molar-refractivity contribution in [1.82, 2.24) is 10.3 Å². The zero-order valence-electron chi connectivity index (χ0n) is 10.1. The number of rotatable bonds is 4. The van der Waals surface area contributed by atoms with Crippen LogP contribution in [-0.4, -0.2) is 11.0 Å². The van der Waals surface area contributed by atoms with Crippen molar-refractivity contribution >= 4 is 0 Å². The van der Waals surface area contributed by atoms with Gasteiger partial charge in [-0.1, -0.05) is 6.92 Å². The van der Waals surface area contributed by atoms with E-state index in [0.717, 1.165) is 30.5 Å². The normalized spacial score (nSPS) is 16.1. The maximum absolute atomic E-state index is 11.8. The van der Waals surface area contributed by atoms with Crippen molar-refractivity contribution in [2.45, 2.75) is 52.1 Å².